The molecule has 0 radical (unpaired) electrons. The van der Waals surface area contributed by atoms with E-state index in [4.69, 9.17) is 0 Å². The summed E-state index contributed by atoms with van der Waals surface area (Å²) >= 11 is 0. The quantitative estimate of drug-likeness (QED) is 0.643. The van der Waals surface area contributed by atoms with Gasteiger partial charge in [-0.2, -0.15) is 0 Å². The number of aryl methyl sites for hydroxylation is 1. The van der Waals surface area contributed by atoms with E-state index in [0.29, 0.717) is 11.2 Å². The van der Waals surface area contributed by atoms with Crippen LogP contribution in [0.2, 0.25) is 0 Å². The van der Waals surface area contributed by atoms with Gasteiger partial charge in [-0.15, -0.1) is 0 Å². The van der Waals surface area contributed by atoms with Crippen LogP contribution in [0, 0.1) is 6.92 Å². The summed E-state index contributed by atoms with van der Waals surface area (Å²) in [7, 11) is 0. The van der Waals surface area contributed by atoms with E-state index in [1.54, 1.807) is 6.20 Å². The minimum atomic E-state index is 0.0559. The van der Waals surface area contributed by atoms with Gasteiger partial charge < -0.3 is 10.6 Å². The summed E-state index contributed by atoms with van der Waals surface area (Å²) in [6.07, 6.45) is 8.32. The van der Waals surface area contributed by atoms with Crippen LogP contribution < -0.4 is 21.3 Å². The van der Waals surface area contributed by atoms with Crippen molar-refractivity contribution in [3.8, 4) is 0 Å². The van der Waals surface area contributed by atoms with E-state index in [1.165, 1.54) is 0 Å². The molecule has 1 unspecified atom stereocenters. The maximum atomic E-state index is 4.52. The monoisotopic (exact) mass is 385 g/mol. The number of benzene rings is 1. The van der Waals surface area contributed by atoms with Crippen LogP contribution in [0.3, 0.4) is 0 Å². The first-order chi connectivity index (χ1) is 14.0. The van der Waals surface area contributed by atoms with Crippen molar-refractivity contribution in [2.75, 3.05) is 10.6 Å². The number of pyridine rings is 1. The molecule has 0 aliphatic rings. The van der Waals surface area contributed by atoms with Gasteiger partial charge in [0.05, 0.1) is 22.9 Å². The van der Waals surface area contributed by atoms with Crippen LogP contribution >= 0.6 is 0 Å². The number of hydrogen-bond acceptors (Lipinski definition) is 5. The minimum Gasteiger partial charge on any atom is -0.362 e. The highest BCUT2D eigenvalue weighted by Gasteiger charge is 2.08. The topological polar surface area (TPSA) is 62.7 Å². The standard InChI is InChI=1S/C24H27N5/c1-6-8-23-19(5)29-24(15-26-23)28-17(3)20-9-7-10-22(12-20)27-18(4)21-11-16(2)13-25-14-21/h7-15,17,27H,4-6H2,1-3H3,(H,28,29)/b23-8+. The zero-order valence-electron chi connectivity index (χ0n) is 17.2. The first kappa shape index (κ1) is 20.3. The molecule has 1 atom stereocenters. The largest absolute Gasteiger partial charge is 0.362 e. The van der Waals surface area contributed by atoms with E-state index in [-0.39, 0.29) is 6.04 Å². The van der Waals surface area contributed by atoms with Gasteiger partial charge in [0.25, 0.3) is 0 Å². The van der Waals surface area contributed by atoms with Gasteiger partial charge in [-0.3, -0.25) is 9.97 Å². The fraction of sp³-hybridized carbons (Fsp3) is 0.208. The Labute approximate surface area is 172 Å². The molecule has 0 saturated heterocycles. The molecular weight excluding hydrogens is 358 g/mol. The number of hydrogen-bond donors (Lipinski definition) is 2. The highest BCUT2D eigenvalue weighted by Crippen LogP contribution is 2.23. The van der Waals surface area contributed by atoms with Gasteiger partial charge >= 0.3 is 0 Å². The van der Waals surface area contributed by atoms with E-state index < -0.39 is 0 Å². The summed E-state index contributed by atoms with van der Waals surface area (Å²) in [5.41, 5.74) is 4.99. The Morgan fingerprint density at radius 3 is 2.76 bits per heavy atom. The highest BCUT2D eigenvalue weighted by molar-refractivity contribution is 5.75. The Kier molecular flexibility index (Phi) is 6.39. The number of rotatable bonds is 7. The Morgan fingerprint density at radius 2 is 2.03 bits per heavy atom. The molecule has 2 heterocycles. The average Bonchev–Trinajstić information content (AvgIpc) is 2.70. The molecule has 29 heavy (non-hydrogen) atoms. The van der Waals surface area contributed by atoms with Gasteiger partial charge in [-0.25, -0.2) is 4.98 Å². The number of nitrogens with zero attached hydrogens (tertiary/aromatic N) is 3. The Morgan fingerprint density at radius 1 is 1.21 bits per heavy atom. The molecule has 5 nitrogen and oxygen atoms in total. The van der Waals surface area contributed by atoms with E-state index in [1.807, 2.05) is 37.5 Å². The first-order valence-electron chi connectivity index (χ1n) is 9.73. The Balaban J connectivity index is 1.73. The molecule has 5 heteroatoms. The maximum absolute atomic E-state index is 4.52. The summed E-state index contributed by atoms with van der Waals surface area (Å²) in [4.78, 5) is 13.2. The lowest BCUT2D eigenvalue weighted by molar-refractivity contribution is 0.867. The average molecular weight is 386 g/mol. The molecule has 0 spiro atoms. The number of nitrogens with one attached hydrogen (secondary N) is 2. The van der Waals surface area contributed by atoms with Crippen molar-refractivity contribution in [2.24, 2.45) is 0 Å². The Bertz CT molecular complexity index is 1120. The highest BCUT2D eigenvalue weighted by atomic mass is 15.0. The first-order valence-corrected chi connectivity index (χ1v) is 9.73. The molecule has 3 rings (SSSR count). The third-order valence-corrected chi connectivity index (χ3v) is 4.54. The van der Waals surface area contributed by atoms with Crippen LogP contribution in [0.25, 0.3) is 18.4 Å². The molecule has 148 valence electrons. The van der Waals surface area contributed by atoms with E-state index in [0.717, 1.165) is 39.8 Å². The zero-order valence-corrected chi connectivity index (χ0v) is 17.2. The molecular formula is C24H27N5. The fourth-order valence-corrected chi connectivity index (χ4v) is 3.03. The lowest BCUT2D eigenvalue weighted by Gasteiger charge is -2.17. The molecule has 0 fully saturated rings. The lowest BCUT2D eigenvalue weighted by atomic mass is 10.1. The summed E-state index contributed by atoms with van der Waals surface area (Å²) < 4.78 is 0. The van der Waals surface area contributed by atoms with Crippen LogP contribution in [0.1, 0.15) is 43.0 Å². The van der Waals surface area contributed by atoms with Crippen molar-refractivity contribution in [3.63, 3.8) is 0 Å². The van der Waals surface area contributed by atoms with E-state index in [2.05, 4.69) is 70.8 Å². The van der Waals surface area contributed by atoms with Crippen LogP contribution in [-0.4, -0.2) is 15.0 Å². The van der Waals surface area contributed by atoms with Crippen LogP contribution in [-0.2, 0) is 0 Å². The van der Waals surface area contributed by atoms with Crippen molar-refractivity contribution < 1.29 is 0 Å². The SMILES string of the molecule is C=C(Nc1cccc(C(C)Nc2cn/c(=C/CC)c(=C)n2)c1)c1cncc(C)c1. The molecule has 1 aromatic carbocycles. The van der Waals surface area contributed by atoms with Crippen molar-refractivity contribution in [1.82, 2.24) is 15.0 Å². The third kappa shape index (κ3) is 5.29. The number of aromatic nitrogens is 3. The lowest BCUT2D eigenvalue weighted by Crippen LogP contribution is -2.30. The van der Waals surface area contributed by atoms with Crippen LogP contribution in [0.4, 0.5) is 11.5 Å². The predicted octanol–water partition coefficient (Wildman–Crippen LogP) is 4.04. The molecule has 0 amide bonds. The molecule has 2 aromatic heterocycles. The number of anilines is 2. The third-order valence-electron chi connectivity index (χ3n) is 4.54. The molecule has 3 aromatic rings. The smallest absolute Gasteiger partial charge is 0.145 e. The van der Waals surface area contributed by atoms with Gasteiger partial charge in [0, 0.05) is 29.3 Å². The van der Waals surface area contributed by atoms with E-state index >= 15 is 0 Å². The predicted molar refractivity (Wildman–Crippen MR) is 122 cm³/mol. The molecule has 0 aliphatic carbocycles. The van der Waals surface area contributed by atoms with E-state index in [9.17, 15) is 0 Å². The van der Waals surface area contributed by atoms with Crippen LogP contribution in [0.5, 0.6) is 0 Å². The van der Waals surface area contributed by atoms with Crippen LogP contribution in [0.15, 0.2) is 55.5 Å². The fourth-order valence-electron chi connectivity index (χ4n) is 3.03. The van der Waals surface area contributed by atoms with Gasteiger partial charge in [-0.05, 0) is 49.6 Å². The molecule has 0 saturated carbocycles. The molecule has 2 N–H and O–H groups in total. The summed E-state index contributed by atoms with van der Waals surface area (Å²) in [6, 6.07) is 10.3. The Hall–Kier alpha value is -3.47. The van der Waals surface area contributed by atoms with Crippen molar-refractivity contribution in [3.05, 3.63) is 82.9 Å². The minimum absolute atomic E-state index is 0.0559. The van der Waals surface area contributed by atoms with Gasteiger partial charge in [-0.1, -0.05) is 38.3 Å². The summed E-state index contributed by atoms with van der Waals surface area (Å²) in [5.74, 6) is 0.712. The second kappa shape index (κ2) is 9.15. The second-order valence-corrected chi connectivity index (χ2v) is 7.05. The summed E-state index contributed by atoms with van der Waals surface area (Å²) in [5, 5.41) is 8.29. The van der Waals surface area contributed by atoms with Gasteiger partial charge in [0.15, 0.2) is 0 Å². The summed E-state index contributed by atoms with van der Waals surface area (Å²) in [6.45, 7) is 14.3. The van der Waals surface area contributed by atoms with Crippen molar-refractivity contribution >= 4 is 29.9 Å². The maximum Gasteiger partial charge on any atom is 0.145 e. The van der Waals surface area contributed by atoms with Gasteiger partial charge in [0.2, 0.25) is 0 Å². The zero-order chi connectivity index (χ0) is 20.8. The molecule has 0 bridgehead atoms. The second-order valence-electron chi connectivity index (χ2n) is 7.05. The molecule has 0 aliphatic heterocycles. The normalized spacial score (nSPS) is 12.4. The van der Waals surface area contributed by atoms with Crippen molar-refractivity contribution in [1.29, 1.82) is 0 Å². The van der Waals surface area contributed by atoms with Gasteiger partial charge in [0.1, 0.15) is 5.82 Å². The van der Waals surface area contributed by atoms with Crippen molar-refractivity contribution in [2.45, 2.75) is 33.2 Å².